The maximum Gasteiger partial charge on any atom is 0.0758 e. The SMILES string of the molecule is CNC(c1cc(C)nc(C)c1)c1c(Br)cnn1CCOC. The van der Waals surface area contributed by atoms with Crippen molar-refractivity contribution in [2.75, 3.05) is 20.8 Å². The van der Waals surface area contributed by atoms with Crippen LogP contribution in [0.1, 0.15) is 28.7 Å². The van der Waals surface area contributed by atoms with E-state index in [0.717, 1.165) is 28.1 Å². The second kappa shape index (κ2) is 7.15. The van der Waals surface area contributed by atoms with E-state index in [0.29, 0.717) is 6.61 Å². The molecule has 1 atom stereocenters. The lowest BCUT2D eigenvalue weighted by Crippen LogP contribution is -2.23. The molecule has 0 aliphatic carbocycles. The topological polar surface area (TPSA) is 52.0 Å². The van der Waals surface area contributed by atoms with Crippen molar-refractivity contribution in [1.82, 2.24) is 20.1 Å². The Kier molecular flexibility index (Phi) is 5.50. The maximum absolute atomic E-state index is 5.16. The number of aryl methyl sites for hydroxylation is 2. The van der Waals surface area contributed by atoms with Gasteiger partial charge in [-0.2, -0.15) is 5.10 Å². The Morgan fingerprint density at radius 1 is 1.33 bits per heavy atom. The highest BCUT2D eigenvalue weighted by molar-refractivity contribution is 9.10. The zero-order valence-electron chi connectivity index (χ0n) is 12.9. The quantitative estimate of drug-likeness (QED) is 0.868. The molecule has 1 unspecified atom stereocenters. The fourth-order valence-electron chi connectivity index (χ4n) is 2.51. The normalized spacial score (nSPS) is 12.6. The van der Waals surface area contributed by atoms with Gasteiger partial charge in [0, 0.05) is 18.5 Å². The number of ether oxygens (including phenoxy) is 1. The van der Waals surface area contributed by atoms with Crippen LogP contribution in [0, 0.1) is 13.8 Å². The minimum atomic E-state index is 0.0548. The van der Waals surface area contributed by atoms with Crippen molar-refractivity contribution in [3.05, 3.63) is 45.4 Å². The molecule has 0 amide bonds. The number of aromatic nitrogens is 3. The van der Waals surface area contributed by atoms with Crippen LogP contribution in [0.5, 0.6) is 0 Å². The number of halogens is 1. The summed E-state index contributed by atoms with van der Waals surface area (Å²) in [4.78, 5) is 4.44. The van der Waals surface area contributed by atoms with Gasteiger partial charge < -0.3 is 10.1 Å². The molecule has 2 heterocycles. The average Bonchev–Trinajstić information content (AvgIpc) is 2.78. The van der Waals surface area contributed by atoms with Gasteiger partial charge in [-0.25, -0.2) is 0 Å². The largest absolute Gasteiger partial charge is 0.383 e. The van der Waals surface area contributed by atoms with E-state index in [1.807, 2.05) is 31.8 Å². The number of pyridine rings is 1. The molecule has 6 heteroatoms. The van der Waals surface area contributed by atoms with Gasteiger partial charge in [0.25, 0.3) is 0 Å². The van der Waals surface area contributed by atoms with E-state index in [-0.39, 0.29) is 6.04 Å². The van der Waals surface area contributed by atoms with Crippen LogP contribution >= 0.6 is 15.9 Å². The van der Waals surface area contributed by atoms with Crippen molar-refractivity contribution in [2.45, 2.75) is 26.4 Å². The van der Waals surface area contributed by atoms with Gasteiger partial charge in [0.05, 0.1) is 35.6 Å². The summed E-state index contributed by atoms with van der Waals surface area (Å²) in [6.45, 7) is 5.38. The zero-order chi connectivity index (χ0) is 15.4. The standard InChI is InChI=1S/C15H21BrN4O/c1-10-7-12(8-11(2)19-10)14(17-3)15-13(16)9-18-20(15)5-6-21-4/h7-9,14,17H,5-6H2,1-4H3. The molecule has 0 aliphatic rings. The van der Waals surface area contributed by atoms with Crippen LogP contribution in [0.25, 0.3) is 0 Å². The molecule has 0 aliphatic heterocycles. The predicted molar refractivity (Wildman–Crippen MR) is 86.4 cm³/mol. The third-order valence-electron chi connectivity index (χ3n) is 3.34. The van der Waals surface area contributed by atoms with Crippen LogP contribution < -0.4 is 5.32 Å². The molecule has 5 nitrogen and oxygen atoms in total. The Morgan fingerprint density at radius 3 is 2.57 bits per heavy atom. The van der Waals surface area contributed by atoms with Crippen LogP contribution in [0.15, 0.2) is 22.8 Å². The highest BCUT2D eigenvalue weighted by Gasteiger charge is 2.21. The molecule has 0 bridgehead atoms. The van der Waals surface area contributed by atoms with E-state index in [4.69, 9.17) is 4.74 Å². The number of nitrogens with one attached hydrogen (secondary N) is 1. The Bertz CT molecular complexity index is 591. The minimum absolute atomic E-state index is 0.0548. The van der Waals surface area contributed by atoms with Crippen LogP contribution in [-0.4, -0.2) is 35.5 Å². The van der Waals surface area contributed by atoms with Crippen molar-refractivity contribution in [3.8, 4) is 0 Å². The Balaban J connectivity index is 2.43. The van der Waals surface area contributed by atoms with E-state index in [9.17, 15) is 0 Å². The molecule has 2 aromatic rings. The fourth-order valence-corrected chi connectivity index (χ4v) is 3.03. The molecule has 0 radical (unpaired) electrons. The third-order valence-corrected chi connectivity index (χ3v) is 3.95. The summed E-state index contributed by atoms with van der Waals surface area (Å²) < 4.78 is 8.12. The molecule has 0 aromatic carbocycles. The zero-order valence-corrected chi connectivity index (χ0v) is 14.4. The van der Waals surface area contributed by atoms with E-state index in [2.05, 4.69) is 43.5 Å². The Morgan fingerprint density at radius 2 is 2.00 bits per heavy atom. The Labute approximate surface area is 133 Å². The number of nitrogens with zero attached hydrogens (tertiary/aromatic N) is 3. The molecular formula is C15H21BrN4O. The monoisotopic (exact) mass is 352 g/mol. The van der Waals surface area contributed by atoms with Gasteiger partial charge in [-0.1, -0.05) is 0 Å². The maximum atomic E-state index is 5.16. The first-order chi connectivity index (χ1) is 10.1. The van der Waals surface area contributed by atoms with Gasteiger partial charge in [-0.15, -0.1) is 0 Å². The van der Waals surface area contributed by atoms with Crippen molar-refractivity contribution in [2.24, 2.45) is 0 Å². The van der Waals surface area contributed by atoms with Gasteiger partial charge in [0.15, 0.2) is 0 Å². The average molecular weight is 353 g/mol. The van der Waals surface area contributed by atoms with Crippen LogP contribution in [0.4, 0.5) is 0 Å². The molecule has 0 saturated carbocycles. The van der Waals surface area contributed by atoms with Crippen molar-refractivity contribution >= 4 is 15.9 Å². The highest BCUT2D eigenvalue weighted by atomic mass is 79.9. The lowest BCUT2D eigenvalue weighted by Gasteiger charge is -2.20. The molecule has 2 aromatic heterocycles. The van der Waals surface area contributed by atoms with Crippen molar-refractivity contribution < 1.29 is 4.74 Å². The number of hydrogen-bond acceptors (Lipinski definition) is 4. The first-order valence-corrected chi connectivity index (χ1v) is 7.68. The molecule has 1 N–H and O–H groups in total. The van der Waals surface area contributed by atoms with E-state index in [1.54, 1.807) is 7.11 Å². The van der Waals surface area contributed by atoms with Crippen LogP contribution in [0.2, 0.25) is 0 Å². The van der Waals surface area contributed by atoms with E-state index in [1.165, 1.54) is 5.56 Å². The highest BCUT2D eigenvalue weighted by Crippen LogP contribution is 2.29. The number of methoxy groups -OCH3 is 1. The van der Waals surface area contributed by atoms with Gasteiger partial charge in [-0.05, 0) is 54.5 Å². The molecule has 0 saturated heterocycles. The lowest BCUT2D eigenvalue weighted by atomic mass is 10.0. The summed E-state index contributed by atoms with van der Waals surface area (Å²) in [5, 5.41) is 7.80. The smallest absolute Gasteiger partial charge is 0.0758 e. The van der Waals surface area contributed by atoms with Crippen molar-refractivity contribution in [3.63, 3.8) is 0 Å². The van der Waals surface area contributed by atoms with Gasteiger partial charge in [-0.3, -0.25) is 9.67 Å². The fraction of sp³-hybridized carbons (Fsp3) is 0.467. The first-order valence-electron chi connectivity index (χ1n) is 6.89. The lowest BCUT2D eigenvalue weighted by molar-refractivity contribution is 0.182. The second-order valence-corrected chi connectivity index (χ2v) is 5.85. The summed E-state index contributed by atoms with van der Waals surface area (Å²) in [6.07, 6.45) is 1.83. The summed E-state index contributed by atoms with van der Waals surface area (Å²) in [5.41, 5.74) is 4.32. The summed E-state index contributed by atoms with van der Waals surface area (Å²) in [5.74, 6) is 0. The predicted octanol–water partition coefficient (Wildman–Crippen LogP) is 2.61. The van der Waals surface area contributed by atoms with E-state index >= 15 is 0 Å². The third kappa shape index (κ3) is 3.70. The van der Waals surface area contributed by atoms with Gasteiger partial charge >= 0.3 is 0 Å². The van der Waals surface area contributed by atoms with Crippen LogP contribution in [0.3, 0.4) is 0 Å². The minimum Gasteiger partial charge on any atom is -0.383 e. The van der Waals surface area contributed by atoms with Crippen LogP contribution in [-0.2, 0) is 11.3 Å². The van der Waals surface area contributed by atoms with E-state index < -0.39 is 0 Å². The molecule has 2 rings (SSSR count). The number of hydrogen-bond donors (Lipinski definition) is 1. The van der Waals surface area contributed by atoms with Gasteiger partial charge in [0.1, 0.15) is 0 Å². The van der Waals surface area contributed by atoms with Gasteiger partial charge in [0.2, 0.25) is 0 Å². The first kappa shape index (κ1) is 16.1. The molecule has 114 valence electrons. The molecule has 0 spiro atoms. The molecule has 21 heavy (non-hydrogen) atoms. The Hall–Kier alpha value is -1.24. The number of rotatable bonds is 6. The molecule has 0 fully saturated rings. The summed E-state index contributed by atoms with van der Waals surface area (Å²) in [7, 11) is 3.65. The summed E-state index contributed by atoms with van der Waals surface area (Å²) in [6, 6.07) is 4.27. The molecular weight excluding hydrogens is 332 g/mol. The second-order valence-electron chi connectivity index (χ2n) is 5.00. The van der Waals surface area contributed by atoms with Crippen molar-refractivity contribution in [1.29, 1.82) is 0 Å². The summed E-state index contributed by atoms with van der Waals surface area (Å²) >= 11 is 3.61.